The zero-order valence-corrected chi connectivity index (χ0v) is 11.2. The van der Waals surface area contributed by atoms with Crippen molar-refractivity contribution in [2.45, 2.75) is 37.7 Å². The second-order valence-corrected chi connectivity index (χ2v) is 5.50. The van der Waals surface area contributed by atoms with E-state index < -0.39 is 0 Å². The zero-order chi connectivity index (χ0) is 13.1. The lowest BCUT2D eigenvalue weighted by Crippen LogP contribution is -2.49. The molecule has 0 bridgehead atoms. The molecule has 0 saturated carbocycles. The van der Waals surface area contributed by atoms with Gasteiger partial charge in [-0.15, -0.1) is 0 Å². The van der Waals surface area contributed by atoms with Gasteiger partial charge in [0.15, 0.2) is 0 Å². The minimum absolute atomic E-state index is 0.0475. The SMILES string of the molecule is O=C(c1ccccn1)N1CCC2(CCCCO2)CC1. The summed E-state index contributed by atoms with van der Waals surface area (Å²) in [5.74, 6) is 0.0475. The highest BCUT2D eigenvalue weighted by Gasteiger charge is 2.38. The van der Waals surface area contributed by atoms with E-state index in [1.54, 1.807) is 12.3 Å². The zero-order valence-electron chi connectivity index (χ0n) is 11.2. The third kappa shape index (κ3) is 2.63. The third-order valence-electron chi connectivity index (χ3n) is 4.28. The monoisotopic (exact) mass is 260 g/mol. The molecule has 19 heavy (non-hydrogen) atoms. The number of likely N-dealkylation sites (tertiary alicyclic amines) is 1. The van der Waals surface area contributed by atoms with E-state index >= 15 is 0 Å². The largest absolute Gasteiger partial charge is 0.375 e. The molecule has 0 unspecified atom stereocenters. The highest BCUT2D eigenvalue weighted by Crippen LogP contribution is 2.34. The van der Waals surface area contributed by atoms with Crippen LogP contribution in [0.5, 0.6) is 0 Å². The number of rotatable bonds is 1. The van der Waals surface area contributed by atoms with E-state index in [1.807, 2.05) is 17.0 Å². The molecule has 0 N–H and O–H groups in total. The van der Waals surface area contributed by atoms with Crippen LogP contribution < -0.4 is 0 Å². The molecular weight excluding hydrogens is 240 g/mol. The molecular formula is C15H20N2O2. The molecule has 3 heterocycles. The Bertz CT molecular complexity index is 431. The lowest BCUT2D eigenvalue weighted by Gasteiger charge is -2.43. The summed E-state index contributed by atoms with van der Waals surface area (Å²) in [6, 6.07) is 5.47. The number of ether oxygens (including phenoxy) is 1. The highest BCUT2D eigenvalue weighted by atomic mass is 16.5. The van der Waals surface area contributed by atoms with Crippen LogP contribution in [0.1, 0.15) is 42.6 Å². The maximum Gasteiger partial charge on any atom is 0.272 e. The number of hydrogen-bond donors (Lipinski definition) is 0. The smallest absolute Gasteiger partial charge is 0.272 e. The van der Waals surface area contributed by atoms with Crippen molar-refractivity contribution in [2.75, 3.05) is 19.7 Å². The maximum absolute atomic E-state index is 12.3. The van der Waals surface area contributed by atoms with Crippen molar-refractivity contribution in [1.82, 2.24) is 9.88 Å². The molecule has 0 radical (unpaired) electrons. The lowest BCUT2D eigenvalue weighted by atomic mass is 9.84. The molecule has 4 nitrogen and oxygen atoms in total. The van der Waals surface area contributed by atoms with Gasteiger partial charge < -0.3 is 9.64 Å². The fourth-order valence-corrected chi connectivity index (χ4v) is 3.07. The Morgan fingerprint density at radius 1 is 1.21 bits per heavy atom. The number of aromatic nitrogens is 1. The van der Waals surface area contributed by atoms with Gasteiger partial charge in [-0.2, -0.15) is 0 Å². The molecule has 102 valence electrons. The quantitative estimate of drug-likeness (QED) is 0.778. The standard InChI is InChI=1S/C15H20N2O2/c18-14(13-5-1-3-9-16-13)17-10-7-15(8-11-17)6-2-4-12-19-15/h1,3,5,9H,2,4,6-8,10-12H2. The summed E-state index contributed by atoms with van der Waals surface area (Å²) >= 11 is 0. The van der Waals surface area contributed by atoms with Crippen LogP contribution in [0.3, 0.4) is 0 Å². The average molecular weight is 260 g/mol. The summed E-state index contributed by atoms with van der Waals surface area (Å²) in [6.45, 7) is 2.46. The fourth-order valence-electron chi connectivity index (χ4n) is 3.07. The van der Waals surface area contributed by atoms with E-state index in [9.17, 15) is 4.79 Å². The average Bonchev–Trinajstić information content (AvgIpc) is 2.49. The van der Waals surface area contributed by atoms with Gasteiger partial charge in [-0.1, -0.05) is 6.07 Å². The number of hydrogen-bond acceptors (Lipinski definition) is 3. The number of amides is 1. The molecule has 3 rings (SSSR count). The second-order valence-electron chi connectivity index (χ2n) is 5.50. The topological polar surface area (TPSA) is 42.4 Å². The van der Waals surface area contributed by atoms with Gasteiger partial charge >= 0.3 is 0 Å². The third-order valence-corrected chi connectivity index (χ3v) is 4.28. The highest BCUT2D eigenvalue weighted by molar-refractivity contribution is 5.92. The van der Waals surface area contributed by atoms with E-state index in [2.05, 4.69) is 4.98 Å². The van der Waals surface area contributed by atoms with Gasteiger partial charge in [0.05, 0.1) is 5.60 Å². The first-order chi connectivity index (χ1) is 9.29. The number of pyridine rings is 1. The molecule has 1 aromatic rings. The van der Waals surface area contributed by atoms with Crippen molar-refractivity contribution < 1.29 is 9.53 Å². The Morgan fingerprint density at radius 3 is 2.68 bits per heavy atom. The first-order valence-corrected chi connectivity index (χ1v) is 7.13. The van der Waals surface area contributed by atoms with Crippen molar-refractivity contribution in [1.29, 1.82) is 0 Å². The molecule has 0 atom stereocenters. The van der Waals surface area contributed by atoms with Crippen molar-refractivity contribution in [3.63, 3.8) is 0 Å². The van der Waals surface area contributed by atoms with E-state index in [0.29, 0.717) is 5.69 Å². The Balaban J connectivity index is 1.62. The Hall–Kier alpha value is -1.42. The number of nitrogens with zero attached hydrogens (tertiary/aromatic N) is 2. The normalized spacial score (nSPS) is 22.4. The minimum Gasteiger partial charge on any atom is -0.375 e. The van der Waals surface area contributed by atoms with Crippen LogP contribution in [0.4, 0.5) is 0 Å². The summed E-state index contributed by atoms with van der Waals surface area (Å²) in [7, 11) is 0. The van der Waals surface area contributed by atoms with Crippen LogP contribution in [0.2, 0.25) is 0 Å². The van der Waals surface area contributed by atoms with Gasteiger partial charge in [0.1, 0.15) is 5.69 Å². The van der Waals surface area contributed by atoms with Gasteiger partial charge in [0, 0.05) is 25.9 Å². The predicted molar refractivity (Wildman–Crippen MR) is 71.9 cm³/mol. The number of carbonyl (C=O) groups excluding carboxylic acids is 1. The van der Waals surface area contributed by atoms with Crippen LogP contribution in [-0.2, 0) is 4.74 Å². The number of piperidine rings is 1. The van der Waals surface area contributed by atoms with Gasteiger partial charge in [-0.3, -0.25) is 9.78 Å². The molecule has 1 spiro atoms. The molecule has 0 aromatic carbocycles. The minimum atomic E-state index is 0.0475. The Labute approximate surface area is 113 Å². The molecule has 2 aliphatic rings. The van der Waals surface area contributed by atoms with E-state index in [-0.39, 0.29) is 11.5 Å². The summed E-state index contributed by atoms with van der Waals surface area (Å²) in [6.07, 6.45) is 7.19. The maximum atomic E-state index is 12.3. The molecule has 1 amide bonds. The van der Waals surface area contributed by atoms with Crippen molar-refractivity contribution in [3.05, 3.63) is 30.1 Å². The van der Waals surface area contributed by atoms with E-state index in [0.717, 1.165) is 39.0 Å². The molecule has 2 saturated heterocycles. The molecule has 2 aliphatic heterocycles. The van der Waals surface area contributed by atoms with Crippen LogP contribution in [0.15, 0.2) is 24.4 Å². The van der Waals surface area contributed by atoms with Gasteiger partial charge in [0.25, 0.3) is 5.91 Å². The predicted octanol–water partition coefficient (Wildman–Crippen LogP) is 2.26. The van der Waals surface area contributed by atoms with E-state index in [1.165, 1.54) is 12.8 Å². The molecule has 4 heteroatoms. The van der Waals surface area contributed by atoms with Gasteiger partial charge in [0.2, 0.25) is 0 Å². The first-order valence-electron chi connectivity index (χ1n) is 7.13. The summed E-state index contributed by atoms with van der Waals surface area (Å²) in [4.78, 5) is 18.3. The molecule has 0 aliphatic carbocycles. The summed E-state index contributed by atoms with van der Waals surface area (Å²) in [5.41, 5.74) is 0.599. The van der Waals surface area contributed by atoms with Crippen molar-refractivity contribution in [3.8, 4) is 0 Å². The first kappa shape index (κ1) is 12.6. The molecule has 2 fully saturated rings. The lowest BCUT2D eigenvalue weighted by molar-refractivity contribution is -0.107. The summed E-state index contributed by atoms with van der Waals surface area (Å²) in [5, 5.41) is 0. The number of carbonyl (C=O) groups is 1. The Kier molecular flexibility index (Phi) is 3.51. The van der Waals surface area contributed by atoms with Crippen LogP contribution >= 0.6 is 0 Å². The second kappa shape index (κ2) is 5.29. The van der Waals surface area contributed by atoms with Crippen LogP contribution in [0, 0.1) is 0 Å². The van der Waals surface area contributed by atoms with Crippen LogP contribution in [0.25, 0.3) is 0 Å². The Morgan fingerprint density at radius 2 is 2.05 bits per heavy atom. The molecule has 1 aromatic heterocycles. The van der Waals surface area contributed by atoms with Gasteiger partial charge in [-0.05, 0) is 44.2 Å². The van der Waals surface area contributed by atoms with Crippen molar-refractivity contribution >= 4 is 5.91 Å². The van der Waals surface area contributed by atoms with E-state index in [4.69, 9.17) is 4.74 Å². The summed E-state index contributed by atoms with van der Waals surface area (Å²) < 4.78 is 5.99. The van der Waals surface area contributed by atoms with Crippen LogP contribution in [-0.4, -0.2) is 41.1 Å². The van der Waals surface area contributed by atoms with Crippen molar-refractivity contribution in [2.24, 2.45) is 0 Å². The fraction of sp³-hybridized carbons (Fsp3) is 0.600. The van der Waals surface area contributed by atoms with Gasteiger partial charge in [-0.25, -0.2) is 0 Å².